The summed E-state index contributed by atoms with van der Waals surface area (Å²) in [5, 5.41) is 17.2. The molecule has 3 saturated heterocycles. The van der Waals surface area contributed by atoms with Crippen molar-refractivity contribution in [3.05, 3.63) is 0 Å². The fourth-order valence-corrected chi connectivity index (χ4v) is 5.00. The van der Waals surface area contributed by atoms with Crippen molar-refractivity contribution in [2.45, 2.75) is 81.6 Å². The Bertz CT molecular complexity index is 859. The minimum absolute atomic E-state index is 0.0729. The topological polar surface area (TPSA) is 209 Å². The molecule has 3 fully saturated rings. The molecule has 13 heteroatoms. The number of carbonyl (C=O) groups is 5. The van der Waals surface area contributed by atoms with Crippen LogP contribution in [0.1, 0.15) is 51.4 Å². The van der Waals surface area contributed by atoms with Gasteiger partial charge in [0.15, 0.2) is 11.7 Å². The predicted molar refractivity (Wildman–Crippen MR) is 120 cm³/mol. The molecule has 0 saturated carbocycles. The maximum absolute atomic E-state index is 13.5. The van der Waals surface area contributed by atoms with Gasteiger partial charge in [-0.25, -0.2) is 0 Å². The zero-order valence-corrected chi connectivity index (χ0v) is 19.0. The van der Waals surface area contributed by atoms with Crippen LogP contribution in [0.2, 0.25) is 0 Å². The molecule has 0 aromatic carbocycles. The molecule has 0 spiro atoms. The number of carbonyl (C=O) groups excluding carboxylic acids is 4. The first-order chi connectivity index (χ1) is 16.2. The number of aliphatic carboxylic acids is 1. The lowest BCUT2D eigenvalue weighted by Crippen LogP contribution is -2.57. The number of hydrogen-bond donors (Lipinski definition) is 6. The van der Waals surface area contributed by atoms with E-state index in [4.69, 9.17) is 11.5 Å². The van der Waals surface area contributed by atoms with Gasteiger partial charge in [-0.15, -0.1) is 0 Å². The highest BCUT2D eigenvalue weighted by atomic mass is 16.4. The van der Waals surface area contributed by atoms with Gasteiger partial charge in [-0.05, 0) is 44.9 Å². The average molecular weight is 480 g/mol. The fourth-order valence-electron chi connectivity index (χ4n) is 5.00. The number of hydrogen-bond acceptors (Lipinski definition) is 7. The molecule has 5 atom stereocenters. The Morgan fingerprint density at radius 1 is 1.09 bits per heavy atom. The molecule has 0 aromatic heterocycles. The van der Waals surface area contributed by atoms with Crippen molar-refractivity contribution in [1.82, 2.24) is 20.9 Å². The van der Waals surface area contributed by atoms with Gasteiger partial charge in [0.1, 0.15) is 0 Å². The normalized spacial score (nSPS) is 30.2. The highest BCUT2D eigenvalue weighted by molar-refractivity contribution is 5.98. The van der Waals surface area contributed by atoms with Gasteiger partial charge in [-0.3, -0.25) is 34.3 Å². The fraction of sp³-hybridized carbons (Fsp3) is 0.714. The van der Waals surface area contributed by atoms with Gasteiger partial charge < -0.3 is 32.1 Å². The van der Waals surface area contributed by atoms with Crippen LogP contribution in [0.4, 0.5) is 0 Å². The van der Waals surface area contributed by atoms with Crippen LogP contribution in [-0.4, -0.2) is 88.7 Å². The second kappa shape index (κ2) is 11.3. The largest absolute Gasteiger partial charge is 0.481 e. The molecule has 3 amide bonds. The van der Waals surface area contributed by atoms with E-state index in [-0.39, 0.29) is 36.7 Å². The zero-order chi connectivity index (χ0) is 24.8. The molecule has 2 bridgehead atoms. The first-order valence-corrected chi connectivity index (χ1v) is 11.6. The third kappa shape index (κ3) is 6.22. The third-order valence-corrected chi connectivity index (χ3v) is 6.56. The van der Waals surface area contributed by atoms with E-state index in [0.717, 1.165) is 0 Å². The van der Waals surface area contributed by atoms with Gasteiger partial charge in [0.2, 0.25) is 17.7 Å². The summed E-state index contributed by atoms with van der Waals surface area (Å²) < 4.78 is 0. The van der Waals surface area contributed by atoms with Gasteiger partial charge in [-0.1, -0.05) is 0 Å². The summed E-state index contributed by atoms with van der Waals surface area (Å²) in [6.45, 7) is -0.151. The minimum Gasteiger partial charge on any atom is -0.481 e. The van der Waals surface area contributed by atoms with Crippen LogP contribution in [0.3, 0.4) is 0 Å². The summed E-state index contributed by atoms with van der Waals surface area (Å²) in [4.78, 5) is 69.1. The van der Waals surface area contributed by atoms with E-state index in [9.17, 15) is 29.1 Å². The number of fused-ring (bicyclic) bond motifs is 1. The van der Waals surface area contributed by atoms with Crippen LogP contribution < -0.4 is 27.4 Å². The van der Waals surface area contributed by atoms with E-state index in [2.05, 4.69) is 20.9 Å². The van der Waals surface area contributed by atoms with Crippen LogP contribution in [0.25, 0.3) is 0 Å². The van der Waals surface area contributed by atoms with Crippen molar-refractivity contribution in [2.24, 2.45) is 16.5 Å². The number of rotatable bonds is 6. The van der Waals surface area contributed by atoms with Gasteiger partial charge in [0, 0.05) is 12.6 Å². The van der Waals surface area contributed by atoms with Crippen LogP contribution in [0, 0.1) is 0 Å². The Kier molecular flexibility index (Phi) is 8.42. The molecular weight excluding hydrogens is 446 g/mol. The molecule has 3 aliphatic heterocycles. The number of nitrogens with zero attached hydrogens (tertiary/aromatic N) is 2. The second-order valence-electron chi connectivity index (χ2n) is 8.98. The van der Waals surface area contributed by atoms with Crippen molar-refractivity contribution in [2.75, 3.05) is 13.1 Å². The lowest BCUT2D eigenvalue weighted by molar-refractivity contribution is -0.143. The molecule has 0 unspecified atom stereocenters. The lowest BCUT2D eigenvalue weighted by atomic mass is 9.97. The number of nitrogens with one attached hydrogen (secondary N) is 3. The lowest BCUT2D eigenvalue weighted by Gasteiger charge is -2.33. The highest BCUT2D eigenvalue weighted by Gasteiger charge is 2.46. The Hall–Kier alpha value is -3.22. The third-order valence-electron chi connectivity index (χ3n) is 6.56. The number of aliphatic imine (C=N–C) groups is 1. The Morgan fingerprint density at radius 2 is 1.85 bits per heavy atom. The highest BCUT2D eigenvalue weighted by Crippen LogP contribution is 2.33. The summed E-state index contributed by atoms with van der Waals surface area (Å²) in [6, 6.07) is -3.67. The number of carboxylic acid groups (broad SMARTS) is 1. The van der Waals surface area contributed by atoms with Gasteiger partial charge in [-0.2, -0.15) is 0 Å². The summed E-state index contributed by atoms with van der Waals surface area (Å²) >= 11 is 0. The molecule has 3 aliphatic rings. The summed E-state index contributed by atoms with van der Waals surface area (Å²) in [5.41, 5.74) is 10.7. The van der Waals surface area contributed by atoms with Crippen molar-refractivity contribution in [3.8, 4) is 0 Å². The van der Waals surface area contributed by atoms with Gasteiger partial charge in [0.05, 0.1) is 37.1 Å². The first-order valence-electron chi connectivity index (χ1n) is 11.6. The number of nitrogens with two attached hydrogens (primary N) is 2. The number of Topliss-reactive ketones (excluding diaryl/α,β-unsaturated/α-hetero) is 1. The standard InChI is InChI=1S/C21H33N7O6/c22-21(23)24-8-2-5-12-18(32)15-7-6-11-3-1-4-13(20(34)28(11)15)26-14(9-17(30)31)19(33)25-10-16(29)27-12/h11-15,26H,1-10H2,(H,25,33)(H,27,29)(H,30,31)(H4,22,23,24)/t11-,12-,13+,14-,15-/m0/s1. The maximum Gasteiger partial charge on any atom is 0.305 e. The van der Waals surface area contributed by atoms with E-state index in [1.165, 1.54) is 0 Å². The molecule has 0 aliphatic carbocycles. The maximum atomic E-state index is 13.5. The Labute approximate surface area is 197 Å². The SMILES string of the molecule is NC(N)=NCCC[C@@H]1NC(=O)CNC(=O)[C@H](CC(=O)O)N[C@@H]2CCC[C@H]3CC[C@@H](C1=O)N3C2=O. The van der Waals surface area contributed by atoms with E-state index in [0.29, 0.717) is 38.5 Å². The average Bonchev–Trinajstić information content (AvgIpc) is 3.13. The van der Waals surface area contributed by atoms with Crippen molar-refractivity contribution in [1.29, 1.82) is 0 Å². The van der Waals surface area contributed by atoms with Crippen LogP contribution in [0.15, 0.2) is 4.99 Å². The van der Waals surface area contributed by atoms with Gasteiger partial charge in [0.25, 0.3) is 0 Å². The van der Waals surface area contributed by atoms with E-state index in [1.54, 1.807) is 4.90 Å². The molecule has 0 radical (unpaired) electrons. The number of amides is 3. The molecule has 34 heavy (non-hydrogen) atoms. The number of ketones is 1. The molecule has 13 nitrogen and oxygen atoms in total. The Balaban J connectivity index is 1.89. The molecule has 188 valence electrons. The molecule has 8 N–H and O–H groups in total. The summed E-state index contributed by atoms with van der Waals surface area (Å²) in [7, 11) is 0. The molecular formula is C21H33N7O6. The van der Waals surface area contributed by atoms with E-state index in [1.807, 2.05) is 0 Å². The molecule has 0 aromatic rings. The smallest absolute Gasteiger partial charge is 0.305 e. The van der Waals surface area contributed by atoms with Crippen LogP contribution >= 0.6 is 0 Å². The summed E-state index contributed by atoms with van der Waals surface area (Å²) in [6.07, 6.45) is 3.14. The van der Waals surface area contributed by atoms with Crippen LogP contribution in [-0.2, 0) is 24.0 Å². The van der Waals surface area contributed by atoms with Crippen LogP contribution in [0.5, 0.6) is 0 Å². The van der Waals surface area contributed by atoms with E-state index < -0.39 is 54.9 Å². The van der Waals surface area contributed by atoms with Crippen molar-refractivity contribution >= 4 is 35.4 Å². The van der Waals surface area contributed by atoms with E-state index >= 15 is 0 Å². The second-order valence-corrected chi connectivity index (χ2v) is 8.98. The summed E-state index contributed by atoms with van der Waals surface area (Å²) in [5.74, 6) is -3.14. The monoisotopic (exact) mass is 479 g/mol. The minimum atomic E-state index is -1.21. The predicted octanol–water partition coefficient (Wildman–Crippen LogP) is -2.43. The van der Waals surface area contributed by atoms with Crippen molar-refractivity contribution < 1.29 is 29.1 Å². The zero-order valence-electron chi connectivity index (χ0n) is 19.0. The molecule has 3 heterocycles. The number of carboxylic acids is 1. The Morgan fingerprint density at radius 3 is 2.56 bits per heavy atom. The first kappa shape index (κ1) is 25.4. The van der Waals surface area contributed by atoms with Crippen molar-refractivity contribution in [3.63, 3.8) is 0 Å². The number of guanidine groups is 1. The van der Waals surface area contributed by atoms with Gasteiger partial charge >= 0.3 is 5.97 Å². The molecule has 3 rings (SSSR count). The quantitative estimate of drug-likeness (QED) is 0.136.